The first-order chi connectivity index (χ1) is 14.3. The highest BCUT2D eigenvalue weighted by Gasteiger charge is 2.15. The monoisotopic (exact) mass is 446 g/mol. The molecule has 1 amide bonds. The maximum Gasteiger partial charge on any atom is 0.244 e. The number of hydrogen-bond donors (Lipinski definition) is 3. The Balaban J connectivity index is 2.09. The van der Waals surface area contributed by atoms with Crippen molar-refractivity contribution in [2.75, 3.05) is 11.0 Å². The fourth-order valence-corrected chi connectivity index (χ4v) is 3.39. The minimum absolute atomic E-state index is 0.0228. The third-order valence-electron chi connectivity index (χ3n) is 4.47. The number of halogens is 1. The lowest BCUT2D eigenvalue weighted by Gasteiger charge is -2.19. The second kappa shape index (κ2) is 9.34. The van der Waals surface area contributed by atoms with Crippen molar-refractivity contribution in [3.63, 3.8) is 0 Å². The third kappa shape index (κ3) is 6.96. The van der Waals surface area contributed by atoms with Gasteiger partial charge in [-0.15, -0.1) is 0 Å². The van der Waals surface area contributed by atoms with Crippen LogP contribution >= 0.6 is 0 Å². The molecule has 3 N–H and O–H groups in total. The van der Waals surface area contributed by atoms with Crippen LogP contribution in [0.3, 0.4) is 0 Å². The number of carbonyl (C=O) groups is 1. The zero-order chi connectivity index (χ0) is 23.4. The molecule has 0 fully saturated rings. The van der Waals surface area contributed by atoms with Gasteiger partial charge in [-0.05, 0) is 40.8 Å². The molecule has 0 spiro atoms. The maximum absolute atomic E-state index is 14.4. The first kappa shape index (κ1) is 24.1. The average molecular weight is 447 g/mol. The van der Waals surface area contributed by atoms with Gasteiger partial charge in [0.1, 0.15) is 11.6 Å². The van der Waals surface area contributed by atoms with Gasteiger partial charge in [0.25, 0.3) is 0 Å². The van der Waals surface area contributed by atoms with E-state index in [0.717, 1.165) is 17.9 Å². The molecule has 0 saturated carbocycles. The molecule has 2 rings (SSSR count). The van der Waals surface area contributed by atoms with Crippen LogP contribution in [0.25, 0.3) is 12.2 Å². The number of amides is 1. The highest BCUT2D eigenvalue weighted by atomic mass is 32.2. The van der Waals surface area contributed by atoms with Crippen molar-refractivity contribution >= 4 is 33.8 Å². The molecular formula is C23H27FN2O4S. The van der Waals surface area contributed by atoms with Crippen LogP contribution in [0.4, 0.5) is 10.1 Å². The van der Waals surface area contributed by atoms with Crippen LogP contribution in [0.5, 0.6) is 5.75 Å². The lowest BCUT2D eigenvalue weighted by atomic mass is 9.86. The molecule has 166 valence electrons. The van der Waals surface area contributed by atoms with Gasteiger partial charge in [-0.25, -0.2) is 12.8 Å². The molecule has 8 heteroatoms. The van der Waals surface area contributed by atoms with Crippen molar-refractivity contribution in [1.29, 1.82) is 0 Å². The van der Waals surface area contributed by atoms with Gasteiger partial charge >= 0.3 is 0 Å². The van der Waals surface area contributed by atoms with Crippen LogP contribution in [0.15, 0.2) is 43.0 Å². The number of phenols is 1. The quantitative estimate of drug-likeness (QED) is 0.556. The van der Waals surface area contributed by atoms with Crippen LogP contribution in [-0.4, -0.2) is 25.7 Å². The van der Waals surface area contributed by atoms with E-state index in [1.807, 2.05) is 26.8 Å². The minimum atomic E-state index is -3.66. The summed E-state index contributed by atoms with van der Waals surface area (Å²) in [5.41, 5.74) is 1.87. The van der Waals surface area contributed by atoms with Gasteiger partial charge in [-0.3, -0.25) is 9.52 Å². The number of phenolic OH excluding ortho intramolecular Hbond substituents is 1. The molecule has 0 aliphatic rings. The Kier molecular flexibility index (Phi) is 7.28. The number of anilines is 1. The second-order valence-electron chi connectivity index (χ2n) is 8.19. The smallest absolute Gasteiger partial charge is 0.244 e. The zero-order valence-corrected chi connectivity index (χ0v) is 18.8. The van der Waals surface area contributed by atoms with E-state index in [0.29, 0.717) is 11.1 Å². The molecular weight excluding hydrogens is 419 g/mol. The summed E-state index contributed by atoms with van der Waals surface area (Å²) in [6.07, 6.45) is 5.02. The molecule has 0 atom stereocenters. The Morgan fingerprint density at radius 2 is 1.87 bits per heavy atom. The second-order valence-corrected chi connectivity index (χ2v) is 9.94. The first-order valence-electron chi connectivity index (χ1n) is 9.52. The number of hydrogen-bond acceptors (Lipinski definition) is 4. The van der Waals surface area contributed by atoms with Crippen LogP contribution in [0, 0.1) is 5.82 Å². The van der Waals surface area contributed by atoms with Gasteiger partial charge in [0, 0.05) is 23.7 Å². The Morgan fingerprint density at radius 1 is 1.19 bits per heavy atom. The van der Waals surface area contributed by atoms with Crippen molar-refractivity contribution in [2.24, 2.45) is 0 Å². The molecule has 0 unspecified atom stereocenters. The number of benzene rings is 2. The van der Waals surface area contributed by atoms with E-state index in [-0.39, 0.29) is 29.0 Å². The highest BCUT2D eigenvalue weighted by Crippen LogP contribution is 2.28. The van der Waals surface area contributed by atoms with Gasteiger partial charge in [-0.1, -0.05) is 45.6 Å². The molecule has 2 aromatic carbocycles. The van der Waals surface area contributed by atoms with Crippen molar-refractivity contribution < 1.29 is 22.7 Å². The Morgan fingerprint density at radius 3 is 2.42 bits per heavy atom. The average Bonchev–Trinajstić information content (AvgIpc) is 2.65. The summed E-state index contributed by atoms with van der Waals surface area (Å²) in [4.78, 5) is 12.1. The van der Waals surface area contributed by atoms with Gasteiger partial charge in [0.15, 0.2) is 0 Å². The minimum Gasteiger partial charge on any atom is -0.507 e. The van der Waals surface area contributed by atoms with Crippen molar-refractivity contribution in [3.05, 3.63) is 71.1 Å². The lowest BCUT2D eigenvalue weighted by Crippen LogP contribution is -2.20. The molecule has 0 aromatic heterocycles. The predicted octanol–water partition coefficient (Wildman–Crippen LogP) is 4.17. The molecule has 0 aliphatic heterocycles. The van der Waals surface area contributed by atoms with Crippen LogP contribution in [-0.2, 0) is 26.8 Å². The summed E-state index contributed by atoms with van der Waals surface area (Å²) >= 11 is 0. The fraction of sp³-hybridized carbons (Fsp3) is 0.261. The number of nitrogens with one attached hydrogen (secondary N) is 2. The third-order valence-corrected chi connectivity index (χ3v) is 5.04. The summed E-state index contributed by atoms with van der Waals surface area (Å²) in [7, 11) is -3.66. The van der Waals surface area contributed by atoms with Crippen molar-refractivity contribution in [1.82, 2.24) is 5.32 Å². The fourth-order valence-electron chi connectivity index (χ4n) is 2.81. The zero-order valence-electron chi connectivity index (χ0n) is 18.0. The number of rotatable bonds is 7. The van der Waals surface area contributed by atoms with Gasteiger partial charge < -0.3 is 10.4 Å². The molecule has 0 radical (unpaired) electrons. The molecule has 0 aliphatic carbocycles. The Hall–Kier alpha value is -3.13. The first-order valence-corrected chi connectivity index (χ1v) is 11.4. The number of aromatic hydroxyl groups is 1. The summed E-state index contributed by atoms with van der Waals surface area (Å²) in [5.74, 6) is -1.13. The van der Waals surface area contributed by atoms with Crippen LogP contribution < -0.4 is 10.0 Å². The van der Waals surface area contributed by atoms with Crippen molar-refractivity contribution in [3.8, 4) is 5.75 Å². The number of carbonyl (C=O) groups excluding carboxylic acids is 1. The molecule has 0 saturated heterocycles. The molecule has 6 nitrogen and oxygen atoms in total. The largest absolute Gasteiger partial charge is 0.507 e. The lowest BCUT2D eigenvalue weighted by molar-refractivity contribution is -0.116. The van der Waals surface area contributed by atoms with E-state index >= 15 is 0 Å². The SMILES string of the molecule is C=Cc1cc(CNC(=O)C=Cc2ccc(C(C)(C)C)cc2O)cc(F)c1NS(C)(=O)=O. The van der Waals surface area contributed by atoms with Crippen LogP contribution in [0.1, 0.15) is 43.0 Å². The highest BCUT2D eigenvalue weighted by molar-refractivity contribution is 7.92. The Labute approximate surface area is 182 Å². The number of sulfonamides is 1. The summed E-state index contributed by atoms with van der Waals surface area (Å²) in [5, 5.41) is 12.8. The predicted molar refractivity (Wildman–Crippen MR) is 123 cm³/mol. The maximum atomic E-state index is 14.4. The van der Waals surface area contributed by atoms with E-state index in [2.05, 4.69) is 16.6 Å². The van der Waals surface area contributed by atoms with Gasteiger partial charge in [-0.2, -0.15) is 0 Å². The Bertz CT molecular complexity index is 1130. The van der Waals surface area contributed by atoms with Gasteiger partial charge in [0.2, 0.25) is 15.9 Å². The standard InChI is InChI=1S/C23H27FN2O4S/c1-6-16-11-15(12-19(24)22(16)26-31(5,29)30)14-25-21(28)10-8-17-7-9-18(13-20(17)27)23(2,3)4/h6-13,26-27H,1,14H2,2-5H3,(H,25,28). The molecule has 31 heavy (non-hydrogen) atoms. The van der Waals surface area contributed by atoms with Crippen molar-refractivity contribution in [2.45, 2.75) is 32.7 Å². The van der Waals surface area contributed by atoms with Gasteiger partial charge in [0.05, 0.1) is 11.9 Å². The molecule has 2 aromatic rings. The molecule has 0 bridgehead atoms. The van der Waals surface area contributed by atoms with E-state index < -0.39 is 21.7 Å². The normalized spacial score (nSPS) is 12.0. The summed E-state index contributed by atoms with van der Waals surface area (Å²) in [6.45, 7) is 9.70. The van der Waals surface area contributed by atoms with E-state index in [1.165, 1.54) is 24.3 Å². The summed E-state index contributed by atoms with van der Waals surface area (Å²) < 4.78 is 39.3. The topological polar surface area (TPSA) is 95.5 Å². The molecule has 0 heterocycles. The van der Waals surface area contributed by atoms with E-state index in [1.54, 1.807) is 12.1 Å². The van der Waals surface area contributed by atoms with E-state index in [9.17, 15) is 22.7 Å². The van der Waals surface area contributed by atoms with E-state index in [4.69, 9.17) is 0 Å². The van der Waals surface area contributed by atoms with Crippen LogP contribution in [0.2, 0.25) is 0 Å². The summed E-state index contributed by atoms with van der Waals surface area (Å²) in [6, 6.07) is 7.97.